The van der Waals surface area contributed by atoms with E-state index in [1.807, 2.05) is 0 Å². The minimum atomic E-state index is -2.44. The Morgan fingerprint density at radius 3 is 2.12 bits per heavy atom. The molecule has 5 atom stereocenters. The van der Waals surface area contributed by atoms with Crippen LogP contribution in [0.25, 0.3) is 0 Å². The lowest BCUT2D eigenvalue weighted by Gasteiger charge is -2.41. The zero-order chi connectivity index (χ0) is 49.5. The van der Waals surface area contributed by atoms with E-state index in [-0.39, 0.29) is 28.3 Å². The molecule has 0 aliphatic carbocycles. The molecule has 4 amide bonds. The van der Waals surface area contributed by atoms with E-state index in [1.165, 1.54) is 32.0 Å². The first-order valence-electron chi connectivity index (χ1n) is 21.6. The molecule has 19 nitrogen and oxygen atoms in total. The third-order valence-electron chi connectivity index (χ3n) is 12.3. The zero-order valence-electron chi connectivity index (χ0n) is 36.4. The molecule has 68 heavy (non-hydrogen) atoms. The van der Waals surface area contributed by atoms with Gasteiger partial charge < -0.3 is 56.7 Å². The van der Waals surface area contributed by atoms with Gasteiger partial charge in [0.15, 0.2) is 28.9 Å². The van der Waals surface area contributed by atoms with Gasteiger partial charge in [0.2, 0.25) is 23.6 Å². The molecule has 3 aromatic rings. The zero-order valence-corrected chi connectivity index (χ0v) is 36.4. The van der Waals surface area contributed by atoms with Crippen LogP contribution in [-0.2, 0) is 56.7 Å². The number of anilines is 2. The number of nitrogens with one attached hydrogen (secondary N) is 4. The van der Waals surface area contributed by atoms with Crippen LogP contribution in [0.15, 0.2) is 24.3 Å². The highest BCUT2D eigenvalue weighted by Crippen LogP contribution is 2.60. The average molecular weight is 955 g/mol. The Morgan fingerprint density at radius 1 is 0.765 bits per heavy atom. The number of carboxylic acids is 3. The third kappa shape index (κ3) is 9.08. The van der Waals surface area contributed by atoms with Gasteiger partial charge in [-0.15, -0.1) is 0 Å². The van der Waals surface area contributed by atoms with Gasteiger partial charge in [0.1, 0.15) is 35.2 Å². The smallest absolute Gasteiger partial charge is 0.343 e. The van der Waals surface area contributed by atoms with Crippen LogP contribution in [0.4, 0.5) is 28.9 Å². The van der Waals surface area contributed by atoms with E-state index in [4.69, 9.17) is 20.3 Å². The van der Waals surface area contributed by atoms with E-state index in [0.29, 0.717) is 37.9 Å². The number of ether oxygens (including phenoxy) is 2. The number of nitrogens with two attached hydrogens (primary N) is 1. The number of amides is 4. The molecular formula is C45H46F4N6O13. The van der Waals surface area contributed by atoms with Crippen molar-refractivity contribution in [2.24, 2.45) is 11.7 Å². The fourth-order valence-electron chi connectivity index (χ4n) is 9.13. The summed E-state index contributed by atoms with van der Waals surface area (Å²) in [6.07, 6.45) is 0.187. The van der Waals surface area contributed by atoms with Crippen molar-refractivity contribution in [1.29, 1.82) is 0 Å². The summed E-state index contributed by atoms with van der Waals surface area (Å²) in [5.74, 6) is -19.4. The number of aryl methyl sites for hydroxylation is 1. The first kappa shape index (κ1) is 48.6. The van der Waals surface area contributed by atoms with Crippen LogP contribution < -0.4 is 36.6 Å². The number of hydrogen-bond acceptors (Lipinski definition) is 12. The van der Waals surface area contributed by atoms with Crippen molar-refractivity contribution >= 4 is 58.9 Å². The number of rotatable bonds is 16. The molecule has 3 aromatic carbocycles. The fraction of sp³-hybridized carbons (Fsp3) is 0.422. The number of carboxylic acid groups (broad SMARTS) is 3. The van der Waals surface area contributed by atoms with Crippen molar-refractivity contribution in [3.63, 3.8) is 0 Å². The van der Waals surface area contributed by atoms with Crippen LogP contribution in [0.1, 0.15) is 97.0 Å². The molecule has 7 rings (SSSR count). The van der Waals surface area contributed by atoms with E-state index in [9.17, 15) is 53.0 Å². The van der Waals surface area contributed by atoms with E-state index in [1.54, 1.807) is 6.07 Å². The Kier molecular flexibility index (Phi) is 13.7. The lowest BCUT2D eigenvalue weighted by molar-refractivity contribution is -0.141. The number of nitrogens with zero attached hydrogens (tertiary/aromatic N) is 1. The first-order valence-corrected chi connectivity index (χ1v) is 21.6. The van der Waals surface area contributed by atoms with E-state index in [0.717, 1.165) is 24.1 Å². The summed E-state index contributed by atoms with van der Waals surface area (Å²) in [5, 5.41) is 37.3. The second-order valence-corrected chi connectivity index (χ2v) is 17.3. The number of esters is 1. The Labute approximate surface area is 383 Å². The van der Waals surface area contributed by atoms with Crippen molar-refractivity contribution < 1.29 is 80.7 Å². The molecule has 4 aliphatic heterocycles. The van der Waals surface area contributed by atoms with Crippen LogP contribution in [0, 0.1) is 29.2 Å². The average Bonchev–Trinajstić information content (AvgIpc) is 3.42. The number of aliphatic carboxylic acids is 3. The Bertz CT molecular complexity index is 2660. The summed E-state index contributed by atoms with van der Waals surface area (Å²) in [6, 6.07) is -1.41. The van der Waals surface area contributed by atoms with Gasteiger partial charge in [-0.1, -0.05) is 13.8 Å². The number of carbonyl (C=O) groups is 8. The minimum Gasteiger partial charge on any atom is -0.481 e. The predicted octanol–water partition coefficient (Wildman–Crippen LogP) is 3.09. The Morgan fingerprint density at radius 2 is 1.44 bits per heavy atom. The van der Waals surface area contributed by atoms with Crippen molar-refractivity contribution in [2.75, 3.05) is 23.3 Å². The molecule has 0 aromatic heterocycles. The summed E-state index contributed by atoms with van der Waals surface area (Å²) in [6.45, 7) is 4.34. The van der Waals surface area contributed by atoms with Crippen LogP contribution >= 0.6 is 0 Å². The normalized spacial score (nSPS) is 18.2. The third-order valence-corrected chi connectivity index (χ3v) is 12.3. The second-order valence-electron chi connectivity index (χ2n) is 17.3. The SMILES string of the molecule is CC(C)C(NC(=O)C(CCC(=O)O)NC(=O)C(N)CC(=O)O)C(=O)NC(CC(=O)O)C(=O)Nc1ccc2c(c1)Oc1c(cc3c4c1CCCN4CCCC3)C21OC(=O)c2c(F)c(F)c(F)c(F)c21. The molecule has 0 fully saturated rings. The van der Waals surface area contributed by atoms with E-state index < -0.39 is 143 Å². The van der Waals surface area contributed by atoms with Gasteiger partial charge in [-0.25, -0.2) is 22.4 Å². The Balaban J connectivity index is 1.21. The molecule has 0 saturated carbocycles. The topological polar surface area (TPSA) is 293 Å². The number of benzene rings is 3. The molecule has 9 N–H and O–H groups in total. The van der Waals surface area contributed by atoms with Crippen molar-refractivity contribution in [3.05, 3.63) is 80.9 Å². The summed E-state index contributed by atoms with van der Waals surface area (Å²) in [4.78, 5) is 104. The minimum absolute atomic E-state index is 0.0315. The van der Waals surface area contributed by atoms with Gasteiger partial charge in [0, 0.05) is 53.6 Å². The molecule has 23 heteroatoms. The van der Waals surface area contributed by atoms with Gasteiger partial charge >= 0.3 is 23.9 Å². The van der Waals surface area contributed by atoms with E-state index >= 15 is 13.2 Å². The largest absolute Gasteiger partial charge is 0.481 e. The second kappa shape index (κ2) is 19.1. The van der Waals surface area contributed by atoms with Crippen molar-refractivity contribution in [2.45, 2.75) is 101 Å². The van der Waals surface area contributed by atoms with Crippen molar-refractivity contribution in [3.8, 4) is 11.5 Å². The lowest BCUT2D eigenvalue weighted by Crippen LogP contribution is -2.59. The fourth-order valence-corrected chi connectivity index (χ4v) is 9.13. The van der Waals surface area contributed by atoms with Crippen LogP contribution in [0.3, 0.4) is 0 Å². The maximum Gasteiger partial charge on any atom is 0.343 e. The molecule has 5 unspecified atom stereocenters. The number of carbonyl (C=O) groups excluding carboxylic acids is 5. The highest BCUT2D eigenvalue weighted by molar-refractivity contribution is 6.01. The monoisotopic (exact) mass is 954 g/mol. The van der Waals surface area contributed by atoms with Crippen molar-refractivity contribution in [1.82, 2.24) is 16.0 Å². The highest BCUT2D eigenvalue weighted by atomic mass is 19.2. The van der Waals surface area contributed by atoms with Gasteiger partial charge in [-0.05, 0) is 68.2 Å². The van der Waals surface area contributed by atoms with Gasteiger partial charge in [0.25, 0.3) is 0 Å². The summed E-state index contributed by atoms with van der Waals surface area (Å²) in [5.41, 5.74) is 3.06. The standard InChI is InChI=1S/C45H46F4N6O13/c1-18(2)37(54-41(63)25(10-11-28(56)57)52-40(62)24(50)16-29(58)59)43(65)53-26(17-30(60)61)42(64)51-20-8-9-22-27(15-20)67-39-21-7-5-13-55-12-4-3-6-19(38(21)55)14-23(39)45(22)32-31(44(66)68-45)33(46)35(48)36(49)34(32)47/h8-9,14-15,18,24-26,37H,3-7,10-13,16-17,50H2,1-2H3,(H,51,64)(H,52,62)(H,53,65)(H,54,63)(H,56,57)(H,58,59)(H,60,61). The predicted molar refractivity (Wildman–Crippen MR) is 227 cm³/mol. The first-order chi connectivity index (χ1) is 32.1. The van der Waals surface area contributed by atoms with E-state index in [2.05, 4.69) is 26.2 Å². The molecular weight excluding hydrogens is 909 g/mol. The number of hydrogen-bond donors (Lipinski definition) is 8. The highest BCUT2D eigenvalue weighted by Gasteiger charge is 2.58. The molecule has 0 saturated heterocycles. The maximum absolute atomic E-state index is 16.3. The summed E-state index contributed by atoms with van der Waals surface area (Å²) >= 11 is 0. The van der Waals surface area contributed by atoms with Crippen LogP contribution in [0.2, 0.25) is 0 Å². The summed E-state index contributed by atoms with van der Waals surface area (Å²) in [7, 11) is 0. The molecule has 362 valence electrons. The molecule has 4 heterocycles. The molecule has 0 radical (unpaired) electrons. The maximum atomic E-state index is 16.3. The van der Waals surface area contributed by atoms with Gasteiger partial charge in [-0.2, -0.15) is 0 Å². The Hall–Kier alpha value is -7.30. The van der Waals surface area contributed by atoms with Crippen LogP contribution in [-0.4, -0.2) is 100 Å². The quantitative estimate of drug-likeness (QED) is 0.0443. The van der Waals surface area contributed by atoms with Gasteiger partial charge in [-0.3, -0.25) is 33.6 Å². The number of halogens is 4. The molecule has 0 bridgehead atoms. The summed E-state index contributed by atoms with van der Waals surface area (Å²) < 4.78 is 74.1. The molecule has 1 spiro atoms. The van der Waals surface area contributed by atoms with Gasteiger partial charge in [0.05, 0.1) is 24.4 Å². The number of fused-ring (bicyclic) bond motifs is 7. The lowest BCUT2D eigenvalue weighted by atomic mass is 9.75. The molecule has 4 aliphatic rings. The van der Waals surface area contributed by atoms with Crippen LogP contribution in [0.5, 0.6) is 11.5 Å².